The summed E-state index contributed by atoms with van der Waals surface area (Å²) in [4.78, 5) is 28.9. The molecule has 2 N–H and O–H groups in total. The number of benzene rings is 2. The molecule has 5 rings (SSSR count). The third-order valence-electron chi connectivity index (χ3n) is 7.94. The largest absolute Gasteiger partial charge is 0.497 e. The Bertz CT molecular complexity index is 1410. The van der Waals surface area contributed by atoms with Crippen molar-refractivity contribution in [2.75, 3.05) is 40.0 Å². The third-order valence-corrected chi connectivity index (χ3v) is 7.94. The summed E-state index contributed by atoms with van der Waals surface area (Å²) in [5.41, 5.74) is 2.25. The number of amides is 1. The summed E-state index contributed by atoms with van der Waals surface area (Å²) in [6, 6.07) is 12.5. The van der Waals surface area contributed by atoms with Crippen LogP contribution in [0.5, 0.6) is 17.2 Å². The van der Waals surface area contributed by atoms with Gasteiger partial charge in [0.15, 0.2) is 11.5 Å². The summed E-state index contributed by atoms with van der Waals surface area (Å²) in [6.07, 6.45) is 0.388. The second-order valence-electron chi connectivity index (χ2n) is 10.4. The normalized spacial score (nSPS) is 16.6. The standard InChI is InChI=1S/C30H37N3O7/c1-3-26(34)24-17-22(38-2)18-25-23(24)5-7-29(35)32(25)13-12-31-10-8-21(9-11-31)33(30(36)37)19-20-4-6-27-28(16-20)40-15-14-39-27/h4-7,16-18,21,26,34H,3,8-15,19H2,1-2H3,(H,36,37). The number of hydrogen-bond acceptors (Lipinski definition) is 7. The number of aliphatic hydroxyl groups excluding tert-OH is 1. The molecular formula is C30H37N3O7. The predicted octanol–water partition coefficient (Wildman–Crippen LogP) is 3.87. The van der Waals surface area contributed by atoms with Gasteiger partial charge in [0.05, 0.1) is 18.7 Å². The molecule has 0 bridgehead atoms. The second-order valence-corrected chi connectivity index (χ2v) is 10.4. The maximum absolute atomic E-state index is 12.9. The van der Waals surface area contributed by atoms with Gasteiger partial charge in [-0.25, -0.2) is 4.79 Å². The number of hydrogen-bond donors (Lipinski definition) is 2. The van der Waals surface area contributed by atoms with Crippen LogP contribution in [0.25, 0.3) is 10.9 Å². The Labute approximate surface area is 233 Å². The van der Waals surface area contributed by atoms with Crippen molar-refractivity contribution in [3.8, 4) is 17.2 Å². The van der Waals surface area contributed by atoms with Gasteiger partial charge in [0, 0.05) is 56.3 Å². The maximum atomic E-state index is 12.9. The summed E-state index contributed by atoms with van der Waals surface area (Å²) >= 11 is 0. The van der Waals surface area contributed by atoms with Gasteiger partial charge in [-0.1, -0.05) is 13.0 Å². The number of nitrogens with zero attached hydrogens (tertiary/aromatic N) is 3. The number of carbonyl (C=O) groups is 1. The van der Waals surface area contributed by atoms with Crippen molar-refractivity contribution in [2.24, 2.45) is 0 Å². The van der Waals surface area contributed by atoms with Crippen LogP contribution >= 0.6 is 0 Å². The van der Waals surface area contributed by atoms with E-state index >= 15 is 0 Å². The van der Waals surface area contributed by atoms with Crippen molar-refractivity contribution in [3.63, 3.8) is 0 Å². The van der Waals surface area contributed by atoms with Crippen molar-refractivity contribution in [2.45, 2.75) is 51.4 Å². The molecule has 3 heterocycles. The van der Waals surface area contributed by atoms with Gasteiger partial charge in [0.1, 0.15) is 19.0 Å². The summed E-state index contributed by atoms with van der Waals surface area (Å²) in [5, 5.41) is 21.4. The van der Waals surface area contributed by atoms with E-state index in [2.05, 4.69) is 4.90 Å². The molecule has 0 aliphatic carbocycles. The Morgan fingerprint density at radius 1 is 1.07 bits per heavy atom. The first kappa shape index (κ1) is 27.8. The van der Waals surface area contributed by atoms with Gasteiger partial charge in [-0.15, -0.1) is 0 Å². The fourth-order valence-corrected chi connectivity index (χ4v) is 5.68. The zero-order valence-electron chi connectivity index (χ0n) is 23.0. The van der Waals surface area contributed by atoms with Crippen LogP contribution in [0.4, 0.5) is 4.79 Å². The average Bonchev–Trinajstić information content (AvgIpc) is 2.98. The Kier molecular flexibility index (Phi) is 8.46. The molecule has 2 aliphatic heterocycles. The minimum absolute atomic E-state index is 0.0930. The van der Waals surface area contributed by atoms with E-state index in [-0.39, 0.29) is 18.1 Å². The van der Waals surface area contributed by atoms with E-state index in [0.29, 0.717) is 62.8 Å². The van der Waals surface area contributed by atoms with Gasteiger partial charge in [-0.3, -0.25) is 4.79 Å². The Morgan fingerprint density at radius 3 is 2.52 bits per heavy atom. The highest BCUT2D eigenvalue weighted by Gasteiger charge is 2.28. The highest BCUT2D eigenvalue weighted by atomic mass is 16.6. The van der Waals surface area contributed by atoms with Crippen molar-refractivity contribution < 1.29 is 29.2 Å². The minimum Gasteiger partial charge on any atom is -0.497 e. The molecule has 1 aromatic heterocycles. The number of rotatable bonds is 9. The van der Waals surface area contributed by atoms with Crippen molar-refractivity contribution >= 4 is 17.0 Å². The molecule has 2 aromatic carbocycles. The monoisotopic (exact) mass is 551 g/mol. The first-order valence-electron chi connectivity index (χ1n) is 13.9. The number of aliphatic hydroxyl groups is 1. The topological polar surface area (TPSA) is 114 Å². The number of likely N-dealkylation sites (tertiary alicyclic amines) is 1. The molecule has 40 heavy (non-hydrogen) atoms. The Balaban J connectivity index is 1.25. The number of methoxy groups -OCH3 is 1. The lowest BCUT2D eigenvalue weighted by Crippen LogP contribution is -2.47. The van der Waals surface area contributed by atoms with Crippen molar-refractivity contribution in [3.05, 3.63) is 63.9 Å². The summed E-state index contributed by atoms with van der Waals surface area (Å²) in [6.45, 7) is 5.80. The molecule has 10 nitrogen and oxygen atoms in total. The second kappa shape index (κ2) is 12.2. The maximum Gasteiger partial charge on any atom is 0.407 e. The fourth-order valence-electron chi connectivity index (χ4n) is 5.68. The van der Waals surface area contributed by atoms with Crippen LogP contribution in [0, 0.1) is 0 Å². The smallest absolute Gasteiger partial charge is 0.407 e. The van der Waals surface area contributed by atoms with Crippen LogP contribution in [0.1, 0.15) is 43.4 Å². The van der Waals surface area contributed by atoms with Crippen LogP contribution in [0.3, 0.4) is 0 Å². The van der Waals surface area contributed by atoms with Crippen LogP contribution in [0.15, 0.2) is 47.3 Å². The lowest BCUT2D eigenvalue weighted by Gasteiger charge is -2.37. The number of pyridine rings is 1. The molecule has 1 saturated heterocycles. The molecular weight excluding hydrogens is 514 g/mol. The molecule has 10 heteroatoms. The fraction of sp³-hybridized carbons (Fsp3) is 0.467. The molecule has 2 aliphatic rings. The molecule has 1 amide bonds. The number of carboxylic acid groups (broad SMARTS) is 1. The number of fused-ring (bicyclic) bond motifs is 2. The molecule has 3 aromatic rings. The first-order valence-corrected chi connectivity index (χ1v) is 13.9. The number of aromatic nitrogens is 1. The van der Waals surface area contributed by atoms with Crippen molar-refractivity contribution in [1.82, 2.24) is 14.4 Å². The summed E-state index contributed by atoms with van der Waals surface area (Å²) < 4.78 is 18.4. The third kappa shape index (κ3) is 5.88. The molecule has 0 radical (unpaired) electrons. The number of ether oxygens (including phenoxy) is 3. The minimum atomic E-state index is -0.935. The summed E-state index contributed by atoms with van der Waals surface area (Å²) in [7, 11) is 1.58. The van der Waals surface area contributed by atoms with E-state index in [9.17, 15) is 19.8 Å². The zero-order valence-corrected chi connectivity index (χ0v) is 23.0. The van der Waals surface area contributed by atoms with Gasteiger partial charge < -0.3 is 38.8 Å². The summed E-state index contributed by atoms with van der Waals surface area (Å²) in [5.74, 6) is 1.94. The lowest BCUT2D eigenvalue weighted by atomic mass is 10.0. The highest BCUT2D eigenvalue weighted by molar-refractivity contribution is 5.84. The first-order chi connectivity index (χ1) is 19.4. The van der Waals surface area contributed by atoms with Crippen molar-refractivity contribution in [1.29, 1.82) is 0 Å². The quantitative estimate of drug-likeness (QED) is 0.412. The van der Waals surface area contributed by atoms with Crippen LogP contribution in [-0.2, 0) is 13.1 Å². The SMILES string of the molecule is CCC(O)c1cc(OC)cc2c1ccc(=O)n2CCN1CCC(N(Cc2ccc3c(c2)OCCO3)C(=O)O)CC1. The van der Waals surface area contributed by atoms with Gasteiger partial charge in [-0.2, -0.15) is 0 Å². The molecule has 1 unspecified atom stereocenters. The number of piperidine rings is 1. The van der Waals surface area contributed by atoms with Gasteiger partial charge in [0.25, 0.3) is 5.56 Å². The molecule has 1 atom stereocenters. The van der Waals surface area contributed by atoms with E-state index in [4.69, 9.17) is 14.2 Å². The Morgan fingerprint density at radius 2 is 1.82 bits per heavy atom. The molecule has 0 spiro atoms. The van der Waals surface area contributed by atoms with Crippen LogP contribution in [-0.4, -0.2) is 76.7 Å². The van der Waals surface area contributed by atoms with E-state index in [1.165, 1.54) is 4.90 Å². The molecule has 0 saturated carbocycles. The lowest BCUT2D eigenvalue weighted by molar-refractivity contribution is 0.0856. The zero-order chi connectivity index (χ0) is 28.2. The Hall–Kier alpha value is -3.76. The van der Waals surface area contributed by atoms with E-state index in [1.807, 2.05) is 37.3 Å². The van der Waals surface area contributed by atoms with Gasteiger partial charge in [0.2, 0.25) is 0 Å². The average molecular weight is 552 g/mol. The van der Waals surface area contributed by atoms with E-state index in [1.54, 1.807) is 23.8 Å². The van der Waals surface area contributed by atoms with Crippen LogP contribution in [0.2, 0.25) is 0 Å². The highest BCUT2D eigenvalue weighted by Crippen LogP contribution is 2.32. The van der Waals surface area contributed by atoms with Gasteiger partial charge in [-0.05, 0) is 54.7 Å². The predicted molar refractivity (Wildman–Crippen MR) is 150 cm³/mol. The van der Waals surface area contributed by atoms with Gasteiger partial charge >= 0.3 is 6.09 Å². The molecule has 1 fully saturated rings. The van der Waals surface area contributed by atoms with E-state index in [0.717, 1.165) is 35.1 Å². The molecule has 214 valence electrons. The van der Waals surface area contributed by atoms with E-state index < -0.39 is 12.2 Å². The van der Waals surface area contributed by atoms with Crippen LogP contribution < -0.4 is 19.8 Å².